The lowest BCUT2D eigenvalue weighted by Crippen LogP contribution is -2.22. The minimum Gasteiger partial charge on any atom is -0.490 e. The van der Waals surface area contributed by atoms with E-state index in [0.717, 1.165) is 0 Å². The molecule has 0 fully saturated rings. The molecule has 0 saturated heterocycles. The number of rotatable bonds is 7. The molecule has 3 aromatic carbocycles. The number of hydrogen-bond acceptors (Lipinski definition) is 8. The summed E-state index contributed by atoms with van der Waals surface area (Å²) in [5.74, 6) is 1.69. The maximum Gasteiger partial charge on any atom is 0.343 e. The molecule has 0 atom stereocenters. The van der Waals surface area contributed by atoms with Gasteiger partial charge in [0, 0.05) is 6.42 Å². The van der Waals surface area contributed by atoms with Crippen LogP contribution >= 0.6 is 0 Å². The number of carbonyl (C=O) groups is 1. The standard InChI is InChI=1S/C27H23N3O6/c1-3-25-29-20-8-6-5-7-19(20)26(31)30(25)28-15-17-9-11-22(23(13-17)33-4-2)36-27(32)18-10-12-21-24(14-18)35-16-34-21/h5-15H,3-4,16H2,1-2H3. The highest BCUT2D eigenvalue weighted by atomic mass is 16.7. The number of esters is 1. The average molecular weight is 485 g/mol. The molecule has 0 saturated carbocycles. The van der Waals surface area contributed by atoms with Crippen LogP contribution in [-0.4, -0.2) is 35.2 Å². The summed E-state index contributed by atoms with van der Waals surface area (Å²) >= 11 is 0. The highest BCUT2D eigenvalue weighted by Gasteiger charge is 2.19. The second kappa shape index (κ2) is 9.91. The fraction of sp³-hybridized carbons (Fsp3) is 0.185. The molecule has 0 aliphatic carbocycles. The van der Waals surface area contributed by atoms with Crippen LogP contribution in [0.3, 0.4) is 0 Å². The van der Waals surface area contributed by atoms with Crippen LogP contribution in [0.15, 0.2) is 70.6 Å². The van der Waals surface area contributed by atoms with Crippen molar-refractivity contribution in [2.75, 3.05) is 13.4 Å². The zero-order valence-corrected chi connectivity index (χ0v) is 19.8. The van der Waals surface area contributed by atoms with Crippen LogP contribution in [-0.2, 0) is 6.42 Å². The van der Waals surface area contributed by atoms with Crippen LogP contribution < -0.4 is 24.5 Å². The normalized spacial score (nSPS) is 12.3. The zero-order valence-electron chi connectivity index (χ0n) is 19.8. The molecule has 1 aliphatic rings. The van der Waals surface area contributed by atoms with E-state index in [2.05, 4.69) is 10.1 Å². The summed E-state index contributed by atoms with van der Waals surface area (Å²) in [5.41, 5.74) is 1.37. The molecule has 5 rings (SSSR count). The Labute approximate surface area is 206 Å². The van der Waals surface area contributed by atoms with Crippen LogP contribution in [0.2, 0.25) is 0 Å². The van der Waals surface area contributed by atoms with Crippen molar-refractivity contribution in [2.24, 2.45) is 5.10 Å². The van der Waals surface area contributed by atoms with E-state index in [-0.39, 0.29) is 18.1 Å². The van der Waals surface area contributed by atoms with Crippen molar-refractivity contribution in [1.29, 1.82) is 0 Å². The van der Waals surface area contributed by atoms with Gasteiger partial charge in [0.05, 0.1) is 29.3 Å². The number of aryl methyl sites for hydroxylation is 1. The first-order chi connectivity index (χ1) is 17.6. The molecule has 0 radical (unpaired) electrons. The Balaban J connectivity index is 1.42. The van der Waals surface area contributed by atoms with Gasteiger partial charge in [0.25, 0.3) is 5.56 Å². The third kappa shape index (κ3) is 4.50. The SMILES string of the molecule is CCOc1cc(C=Nn2c(CC)nc3ccccc3c2=O)ccc1OC(=O)c1ccc2c(c1)OCO2. The lowest BCUT2D eigenvalue weighted by Gasteiger charge is -2.12. The van der Waals surface area contributed by atoms with Crippen molar-refractivity contribution in [3.05, 3.63) is 88.0 Å². The van der Waals surface area contributed by atoms with Gasteiger partial charge in [-0.1, -0.05) is 19.1 Å². The van der Waals surface area contributed by atoms with Crippen LogP contribution in [0, 0.1) is 0 Å². The van der Waals surface area contributed by atoms with Crippen LogP contribution in [0.4, 0.5) is 0 Å². The quantitative estimate of drug-likeness (QED) is 0.220. The Bertz CT molecular complexity index is 1540. The molecule has 9 heteroatoms. The number of ether oxygens (including phenoxy) is 4. The van der Waals surface area contributed by atoms with Gasteiger partial charge in [-0.25, -0.2) is 9.78 Å². The number of carbonyl (C=O) groups excluding carboxylic acids is 1. The molecule has 1 aromatic heterocycles. The topological polar surface area (TPSA) is 101 Å². The lowest BCUT2D eigenvalue weighted by molar-refractivity contribution is 0.0728. The van der Waals surface area contributed by atoms with E-state index < -0.39 is 5.97 Å². The summed E-state index contributed by atoms with van der Waals surface area (Å²) in [6.07, 6.45) is 2.08. The summed E-state index contributed by atoms with van der Waals surface area (Å²) in [6.45, 7) is 4.23. The molecule has 36 heavy (non-hydrogen) atoms. The Hall–Kier alpha value is -4.66. The summed E-state index contributed by atoms with van der Waals surface area (Å²) in [4.78, 5) is 30.3. The smallest absolute Gasteiger partial charge is 0.343 e. The third-order valence-corrected chi connectivity index (χ3v) is 5.54. The first kappa shape index (κ1) is 23.1. The molecule has 0 N–H and O–H groups in total. The maximum atomic E-state index is 13.0. The minimum absolute atomic E-state index is 0.118. The molecule has 0 bridgehead atoms. The number of hydrogen-bond donors (Lipinski definition) is 0. The van der Waals surface area contributed by atoms with Gasteiger partial charge in [-0.3, -0.25) is 4.79 Å². The van der Waals surface area contributed by atoms with Crippen LogP contribution in [0.1, 0.15) is 35.6 Å². The minimum atomic E-state index is -0.558. The van der Waals surface area contributed by atoms with E-state index >= 15 is 0 Å². The van der Waals surface area contributed by atoms with Crippen molar-refractivity contribution in [1.82, 2.24) is 9.66 Å². The highest BCUT2D eigenvalue weighted by molar-refractivity contribution is 5.92. The Kier molecular flexibility index (Phi) is 6.36. The van der Waals surface area contributed by atoms with E-state index in [1.54, 1.807) is 54.7 Å². The van der Waals surface area contributed by atoms with Crippen molar-refractivity contribution in [3.63, 3.8) is 0 Å². The predicted molar refractivity (Wildman–Crippen MR) is 134 cm³/mol. The molecule has 9 nitrogen and oxygen atoms in total. The van der Waals surface area contributed by atoms with Crippen molar-refractivity contribution < 1.29 is 23.7 Å². The monoisotopic (exact) mass is 485 g/mol. The van der Waals surface area contributed by atoms with Crippen LogP contribution in [0.5, 0.6) is 23.0 Å². The van der Waals surface area contributed by atoms with Gasteiger partial charge in [-0.15, -0.1) is 0 Å². The molecule has 1 aliphatic heterocycles. The van der Waals surface area contributed by atoms with E-state index in [1.807, 2.05) is 26.0 Å². The van der Waals surface area contributed by atoms with Gasteiger partial charge in [-0.05, 0) is 61.0 Å². The van der Waals surface area contributed by atoms with Gasteiger partial charge in [-0.2, -0.15) is 9.78 Å². The van der Waals surface area contributed by atoms with Crippen LogP contribution in [0.25, 0.3) is 10.9 Å². The Morgan fingerprint density at radius 2 is 1.89 bits per heavy atom. The van der Waals surface area contributed by atoms with Gasteiger partial charge >= 0.3 is 5.97 Å². The second-order valence-electron chi connectivity index (χ2n) is 7.86. The summed E-state index contributed by atoms with van der Waals surface area (Å²) in [7, 11) is 0. The maximum absolute atomic E-state index is 13.0. The highest BCUT2D eigenvalue weighted by Crippen LogP contribution is 2.34. The van der Waals surface area contributed by atoms with Gasteiger partial charge in [0.15, 0.2) is 23.0 Å². The molecule has 4 aromatic rings. The van der Waals surface area contributed by atoms with Crippen molar-refractivity contribution in [2.45, 2.75) is 20.3 Å². The fourth-order valence-corrected chi connectivity index (χ4v) is 3.78. The van der Waals surface area contributed by atoms with E-state index in [9.17, 15) is 9.59 Å². The largest absolute Gasteiger partial charge is 0.490 e. The second-order valence-corrected chi connectivity index (χ2v) is 7.86. The average Bonchev–Trinajstić information content (AvgIpc) is 3.37. The first-order valence-electron chi connectivity index (χ1n) is 11.5. The summed E-state index contributed by atoms with van der Waals surface area (Å²) in [5, 5.41) is 4.89. The van der Waals surface area contributed by atoms with E-state index in [0.29, 0.717) is 58.1 Å². The number of benzene rings is 3. The molecule has 0 amide bonds. The first-order valence-corrected chi connectivity index (χ1v) is 11.5. The lowest BCUT2D eigenvalue weighted by atomic mass is 10.2. The number of fused-ring (bicyclic) bond motifs is 2. The fourth-order valence-electron chi connectivity index (χ4n) is 3.78. The molecular formula is C27H23N3O6. The van der Waals surface area contributed by atoms with Crippen molar-refractivity contribution >= 4 is 23.1 Å². The number of nitrogens with zero attached hydrogens (tertiary/aromatic N) is 3. The molecule has 2 heterocycles. The number of aromatic nitrogens is 2. The Morgan fingerprint density at radius 1 is 1.06 bits per heavy atom. The van der Waals surface area contributed by atoms with Gasteiger partial charge in [0.2, 0.25) is 6.79 Å². The van der Waals surface area contributed by atoms with E-state index in [1.165, 1.54) is 4.68 Å². The third-order valence-electron chi connectivity index (χ3n) is 5.54. The Morgan fingerprint density at radius 3 is 2.72 bits per heavy atom. The summed E-state index contributed by atoms with van der Waals surface area (Å²) in [6, 6.07) is 17.1. The number of para-hydroxylation sites is 1. The van der Waals surface area contributed by atoms with Crippen molar-refractivity contribution in [3.8, 4) is 23.0 Å². The molecular weight excluding hydrogens is 462 g/mol. The summed E-state index contributed by atoms with van der Waals surface area (Å²) < 4.78 is 23.2. The van der Waals surface area contributed by atoms with Gasteiger partial charge < -0.3 is 18.9 Å². The predicted octanol–water partition coefficient (Wildman–Crippen LogP) is 4.19. The van der Waals surface area contributed by atoms with E-state index in [4.69, 9.17) is 18.9 Å². The zero-order chi connectivity index (χ0) is 25.1. The molecule has 0 spiro atoms. The molecule has 182 valence electrons. The van der Waals surface area contributed by atoms with Gasteiger partial charge in [0.1, 0.15) is 5.82 Å². The molecule has 0 unspecified atom stereocenters.